The highest BCUT2D eigenvalue weighted by Gasteiger charge is 2.08. The maximum absolute atomic E-state index is 12.3. The van der Waals surface area contributed by atoms with Gasteiger partial charge in [0.25, 0.3) is 0 Å². The molecule has 29 heavy (non-hydrogen) atoms. The Labute approximate surface area is 173 Å². The predicted octanol–water partition coefficient (Wildman–Crippen LogP) is 4.08. The Bertz CT molecular complexity index is 816. The third-order valence-electron chi connectivity index (χ3n) is 4.51. The van der Waals surface area contributed by atoms with E-state index in [-0.39, 0.29) is 5.91 Å². The maximum atomic E-state index is 12.3. The Morgan fingerprint density at radius 2 is 1.83 bits per heavy atom. The van der Waals surface area contributed by atoms with E-state index in [1.807, 2.05) is 24.3 Å². The zero-order valence-electron chi connectivity index (χ0n) is 17.6. The molecule has 0 heterocycles. The molecule has 2 aromatic rings. The molecule has 2 aromatic carbocycles. The topological polar surface area (TPSA) is 60.0 Å². The Morgan fingerprint density at radius 1 is 1.03 bits per heavy atom. The molecule has 6 heteroatoms. The van der Waals surface area contributed by atoms with Gasteiger partial charge in [-0.3, -0.25) is 4.79 Å². The first-order chi connectivity index (χ1) is 14.1. The smallest absolute Gasteiger partial charge is 0.248 e. The summed E-state index contributed by atoms with van der Waals surface area (Å²) in [5.41, 5.74) is 1.53. The molecule has 0 saturated heterocycles. The zero-order chi connectivity index (χ0) is 21.1. The predicted molar refractivity (Wildman–Crippen MR) is 117 cm³/mol. The number of methoxy groups -OCH3 is 2. The number of nitrogens with one attached hydrogen (secondary N) is 1. The number of rotatable bonds is 11. The van der Waals surface area contributed by atoms with Crippen molar-refractivity contribution >= 4 is 17.7 Å². The average Bonchev–Trinajstić information content (AvgIpc) is 2.75. The van der Waals surface area contributed by atoms with Gasteiger partial charge in [-0.05, 0) is 49.0 Å². The van der Waals surface area contributed by atoms with Crippen molar-refractivity contribution in [2.75, 3.05) is 45.8 Å². The third kappa shape index (κ3) is 7.16. The van der Waals surface area contributed by atoms with Gasteiger partial charge in [-0.15, -0.1) is 0 Å². The number of hydrogen-bond acceptors (Lipinski definition) is 5. The molecule has 0 aliphatic heterocycles. The molecule has 2 rings (SSSR count). The van der Waals surface area contributed by atoms with Crippen LogP contribution in [0.5, 0.6) is 17.2 Å². The molecule has 0 radical (unpaired) electrons. The molecule has 0 unspecified atom stereocenters. The first-order valence-electron chi connectivity index (χ1n) is 9.75. The maximum Gasteiger partial charge on any atom is 0.248 e. The van der Waals surface area contributed by atoms with Crippen LogP contribution in [0.15, 0.2) is 48.5 Å². The first-order valence-corrected chi connectivity index (χ1v) is 9.75. The minimum atomic E-state index is -0.230. The number of anilines is 1. The Hall–Kier alpha value is -2.99. The first kappa shape index (κ1) is 22.3. The number of hydrogen-bond donors (Lipinski definition) is 1. The number of amides is 1. The SMILES string of the molecule is CCN(CC)CCOc1cc(NC(=O)/C=C/c2cccc(OC)c2)ccc1OC. The lowest BCUT2D eigenvalue weighted by molar-refractivity contribution is -0.111. The van der Waals surface area contributed by atoms with Crippen LogP contribution < -0.4 is 19.5 Å². The number of ether oxygens (including phenoxy) is 3. The number of likely N-dealkylation sites (N-methyl/N-ethyl adjacent to an activating group) is 1. The molecule has 0 aromatic heterocycles. The fourth-order valence-corrected chi connectivity index (χ4v) is 2.79. The molecule has 0 aliphatic rings. The summed E-state index contributed by atoms with van der Waals surface area (Å²) in [5, 5.41) is 2.85. The van der Waals surface area contributed by atoms with Gasteiger partial charge in [-0.25, -0.2) is 0 Å². The summed E-state index contributed by atoms with van der Waals surface area (Å²) in [6.45, 7) is 7.58. The van der Waals surface area contributed by atoms with Crippen LogP contribution in [0.4, 0.5) is 5.69 Å². The van der Waals surface area contributed by atoms with Crippen LogP contribution >= 0.6 is 0 Å². The quantitative estimate of drug-likeness (QED) is 0.578. The van der Waals surface area contributed by atoms with Gasteiger partial charge in [0.1, 0.15) is 12.4 Å². The monoisotopic (exact) mass is 398 g/mol. The van der Waals surface area contributed by atoms with Crippen molar-refractivity contribution in [3.63, 3.8) is 0 Å². The van der Waals surface area contributed by atoms with Crippen molar-refractivity contribution in [3.05, 3.63) is 54.1 Å². The second kappa shape index (κ2) is 11.8. The fraction of sp³-hybridized carbons (Fsp3) is 0.348. The van der Waals surface area contributed by atoms with Crippen LogP contribution in [0.3, 0.4) is 0 Å². The zero-order valence-corrected chi connectivity index (χ0v) is 17.6. The third-order valence-corrected chi connectivity index (χ3v) is 4.51. The van der Waals surface area contributed by atoms with E-state index in [1.165, 1.54) is 6.08 Å². The van der Waals surface area contributed by atoms with Gasteiger partial charge in [0, 0.05) is 24.4 Å². The van der Waals surface area contributed by atoms with Crippen LogP contribution in [-0.4, -0.2) is 51.3 Å². The summed E-state index contributed by atoms with van der Waals surface area (Å²) >= 11 is 0. The largest absolute Gasteiger partial charge is 0.497 e. The summed E-state index contributed by atoms with van der Waals surface area (Å²) in [4.78, 5) is 14.6. The van der Waals surface area contributed by atoms with E-state index in [2.05, 4.69) is 24.1 Å². The molecule has 0 spiro atoms. The number of carbonyl (C=O) groups excluding carboxylic acids is 1. The minimum absolute atomic E-state index is 0.230. The van der Waals surface area contributed by atoms with Gasteiger partial charge in [-0.2, -0.15) is 0 Å². The molecule has 0 bridgehead atoms. The van der Waals surface area contributed by atoms with Crippen LogP contribution in [0.2, 0.25) is 0 Å². The number of carbonyl (C=O) groups is 1. The van der Waals surface area contributed by atoms with Crippen LogP contribution in [0, 0.1) is 0 Å². The van der Waals surface area contributed by atoms with Crippen molar-refractivity contribution in [2.45, 2.75) is 13.8 Å². The molecular weight excluding hydrogens is 368 g/mol. The number of nitrogens with zero attached hydrogens (tertiary/aromatic N) is 1. The average molecular weight is 399 g/mol. The Kier molecular flexibility index (Phi) is 9.05. The molecule has 0 saturated carbocycles. The highest BCUT2D eigenvalue weighted by atomic mass is 16.5. The van der Waals surface area contributed by atoms with Gasteiger partial charge in [-0.1, -0.05) is 26.0 Å². The van der Waals surface area contributed by atoms with Crippen molar-refractivity contribution in [1.82, 2.24) is 4.90 Å². The molecule has 6 nitrogen and oxygen atoms in total. The molecule has 1 amide bonds. The lowest BCUT2D eigenvalue weighted by Crippen LogP contribution is -2.28. The van der Waals surface area contributed by atoms with E-state index in [9.17, 15) is 4.79 Å². The fourth-order valence-electron chi connectivity index (χ4n) is 2.79. The van der Waals surface area contributed by atoms with E-state index in [1.54, 1.807) is 38.5 Å². The highest BCUT2D eigenvalue weighted by molar-refractivity contribution is 6.02. The standard InChI is InChI=1S/C23H30N2O4/c1-5-25(6-2)14-15-29-22-17-19(11-12-21(22)28-4)24-23(26)13-10-18-8-7-9-20(16-18)27-3/h7-13,16-17H,5-6,14-15H2,1-4H3,(H,24,26)/b13-10+. The van der Waals surface area contributed by atoms with Crippen molar-refractivity contribution in [2.24, 2.45) is 0 Å². The van der Waals surface area contributed by atoms with Crippen molar-refractivity contribution < 1.29 is 19.0 Å². The summed E-state index contributed by atoms with van der Waals surface area (Å²) in [6, 6.07) is 12.8. The summed E-state index contributed by atoms with van der Waals surface area (Å²) in [5.74, 6) is 1.75. The van der Waals surface area contributed by atoms with E-state index in [0.29, 0.717) is 23.8 Å². The molecular formula is C23H30N2O4. The Balaban J connectivity index is 2.00. The molecule has 0 fully saturated rings. The van der Waals surface area contributed by atoms with Crippen LogP contribution in [0.25, 0.3) is 6.08 Å². The summed E-state index contributed by atoms with van der Waals surface area (Å²) in [6.07, 6.45) is 3.22. The minimum Gasteiger partial charge on any atom is -0.497 e. The second-order valence-corrected chi connectivity index (χ2v) is 6.34. The second-order valence-electron chi connectivity index (χ2n) is 6.34. The normalized spacial score (nSPS) is 10.9. The van der Waals surface area contributed by atoms with Gasteiger partial charge in [0.2, 0.25) is 5.91 Å². The van der Waals surface area contributed by atoms with Crippen molar-refractivity contribution in [3.8, 4) is 17.2 Å². The lowest BCUT2D eigenvalue weighted by atomic mass is 10.2. The van der Waals surface area contributed by atoms with E-state index in [0.717, 1.165) is 30.9 Å². The van der Waals surface area contributed by atoms with Crippen LogP contribution in [-0.2, 0) is 4.79 Å². The van der Waals surface area contributed by atoms with Gasteiger partial charge >= 0.3 is 0 Å². The van der Waals surface area contributed by atoms with Gasteiger partial charge in [0.05, 0.1) is 14.2 Å². The van der Waals surface area contributed by atoms with Crippen LogP contribution in [0.1, 0.15) is 19.4 Å². The molecule has 0 aliphatic carbocycles. The van der Waals surface area contributed by atoms with Gasteiger partial charge in [0.15, 0.2) is 11.5 Å². The summed E-state index contributed by atoms with van der Waals surface area (Å²) < 4.78 is 16.4. The molecule has 156 valence electrons. The lowest BCUT2D eigenvalue weighted by Gasteiger charge is -2.19. The Morgan fingerprint density at radius 3 is 2.52 bits per heavy atom. The highest BCUT2D eigenvalue weighted by Crippen LogP contribution is 2.30. The van der Waals surface area contributed by atoms with Crippen molar-refractivity contribution in [1.29, 1.82) is 0 Å². The van der Waals surface area contributed by atoms with E-state index < -0.39 is 0 Å². The van der Waals surface area contributed by atoms with Gasteiger partial charge < -0.3 is 24.4 Å². The van der Waals surface area contributed by atoms with E-state index >= 15 is 0 Å². The molecule has 1 N–H and O–H groups in total. The number of benzene rings is 2. The summed E-state index contributed by atoms with van der Waals surface area (Å²) in [7, 11) is 3.21. The molecule has 0 atom stereocenters. The van der Waals surface area contributed by atoms with E-state index in [4.69, 9.17) is 14.2 Å².